The van der Waals surface area contributed by atoms with E-state index >= 15 is 0 Å². The van der Waals surface area contributed by atoms with Crippen molar-refractivity contribution >= 4 is 6.09 Å². The van der Waals surface area contributed by atoms with E-state index in [1.54, 1.807) is 29.2 Å². The number of benzene rings is 1. The predicted octanol–water partition coefficient (Wildman–Crippen LogP) is 6.37. The zero-order chi connectivity index (χ0) is 24.4. The van der Waals surface area contributed by atoms with Crippen LogP contribution in [-0.4, -0.2) is 53.6 Å². The summed E-state index contributed by atoms with van der Waals surface area (Å²) in [5, 5.41) is 0. The van der Waals surface area contributed by atoms with Crippen molar-refractivity contribution in [1.29, 1.82) is 0 Å². The van der Waals surface area contributed by atoms with Gasteiger partial charge in [0, 0.05) is 38.4 Å². The topological polar surface area (TPSA) is 54.9 Å². The van der Waals surface area contributed by atoms with Crippen LogP contribution in [0.5, 0.6) is 17.4 Å². The lowest BCUT2D eigenvalue weighted by atomic mass is 10.1. The number of aromatic nitrogens is 1. The van der Waals surface area contributed by atoms with Gasteiger partial charge in [0.2, 0.25) is 5.88 Å². The number of piperazine rings is 1. The highest BCUT2D eigenvalue weighted by molar-refractivity contribution is 5.70. The maximum Gasteiger partial charge on any atom is 0.417 e. The molecule has 0 bridgehead atoms. The monoisotopic (exact) mass is 479 g/mol. The number of carbonyl (C=O) groups excluding carboxylic acids is 1. The second-order valence-electron chi connectivity index (χ2n) is 8.42. The summed E-state index contributed by atoms with van der Waals surface area (Å²) in [4.78, 5) is 20.2. The molecule has 0 atom stereocenters. The summed E-state index contributed by atoms with van der Waals surface area (Å²) in [6.45, 7) is 6.25. The molecule has 0 radical (unpaired) electrons. The Morgan fingerprint density at radius 1 is 0.912 bits per heavy atom. The van der Waals surface area contributed by atoms with Gasteiger partial charge < -0.3 is 14.4 Å². The maximum atomic E-state index is 12.6. The third kappa shape index (κ3) is 8.20. The fourth-order valence-electron chi connectivity index (χ4n) is 3.74. The molecule has 1 aromatic heterocycles. The van der Waals surface area contributed by atoms with Crippen LogP contribution in [0.3, 0.4) is 0 Å². The average Bonchev–Trinajstić information content (AvgIpc) is 2.83. The van der Waals surface area contributed by atoms with E-state index in [1.807, 2.05) is 0 Å². The van der Waals surface area contributed by atoms with Crippen molar-refractivity contribution < 1.29 is 27.4 Å². The van der Waals surface area contributed by atoms with Gasteiger partial charge in [-0.1, -0.05) is 39.0 Å². The zero-order valence-corrected chi connectivity index (χ0v) is 19.5. The normalized spacial score (nSPS) is 14.8. The van der Waals surface area contributed by atoms with Gasteiger partial charge in [-0.3, -0.25) is 4.90 Å². The number of alkyl halides is 3. The van der Waals surface area contributed by atoms with Gasteiger partial charge in [0.25, 0.3) is 0 Å². The molecule has 0 spiro atoms. The van der Waals surface area contributed by atoms with Crippen LogP contribution in [0.2, 0.25) is 0 Å². The Hall–Kier alpha value is -2.81. The number of carbonyl (C=O) groups is 1. The van der Waals surface area contributed by atoms with E-state index in [-0.39, 0.29) is 5.88 Å². The molecule has 3 rings (SSSR count). The summed E-state index contributed by atoms with van der Waals surface area (Å²) in [6, 6.07) is 8.35. The molecule has 1 fully saturated rings. The van der Waals surface area contributed by atoms with Gasteiger partial charge in [0.15, 0.2) is 0 Å². The summed E-state index contributed by atoms with van der Waals surface area (Å²) < 4.78 is 48.8. The van der Waals surface area contributed by atoms with Crippen molar-refractivity contribution in [2.24, 2.45) is 0 Å². The number of ether oxygens (including phenoxy) is 2. The van der Waals surface area contributed by atoms with Crippen LogP contribution in [0.25, 0.3) is 0 Å². The third-order valence-corrected chi connectivity index (χ3v) is 5.77. The van der Waals surface area contributed by atoms with Crippen LogP contribution >= 0.6 is 0 Å². The van der Waals surface area contributed by atoms with Crippen LogP contribution in [0.4, 0.5) is 18.0 Å². The number of pyridine rings is 1. The molecule has 0 aliphatic carbocycles. The van der Waals surface area contributed by atoms with Gasteiger partial charge >= 0.3 is 12.3 Å². The lowest BCUT2D eigenvalue weighted by Crippen LogP contribution is -2.49. The molecule has 0 N–H and O–H groups in total. The molecule has 9 heteroatoms. The van der Waals surface area contributed by atoms with E-state index in [4.69, 9.17) is 9.47 Å². The molecule has 6 nitrogen and oxygen atoms in total. The Morgan fingerprint density at radius 2 is 1.56 bits per heavy atom. The molecule has 1 aliphatic rings. The first-order valence-corrected chi connectivity index (χ1v) is 11.9. The van der Waals surface area contributed by atoms with Crippen molar-refractivity contribution in [2.75, 3.05) is 32.7 Å². The Balaban J connectivity index is 1.38. The van der Waals surface area contributed by atoms with E-state index in [2.05, 4.69) is 16.8 Å². The first kappa shape index (κ1) is 25.8. The first-order valence-electron chi connectivity index (χ1n) is 11.9. The van der Waals surface area contributed by atoms with E-state index < -0.39 is 17.8 Å². The maximum absolute atomic E-state index is 12.6. The Kier molecular flexibility index (Phi) is 9.56. The average molecular weight is 480 g/mol. The fraction of sp³-hybridized carbons (Fsp3) is 0.520. The molecule has 1 aromatic carbocycles. The van der Waals surface area contributed by atoms with Crippen LogP contribution in [0, 0.1) is 0 Å². The summed E-state index contributed by atoms with van der Waals surface area (Å²) >= 11 is 0. The molecule has 0 unspecified atom stereocenters. The molecular formula is C25H32F3N3O3. The molecule has 1 aliphatic heterocycles. The van der Waals surface area contributed by atoms with Gasteiger partial charge in [-0.25, -0.2) is 9.78 Å². The molecule has 34 heavy (non-hydrogen) atoms. The quantitative estimate of drug-likeness (QED) is 0.371. The van der Waals surface area contributed by atoms with E-state index in [0.717, 1.165) is 38.0 Å². The third-order valence-electron chi connectivity index (χ3n) is 5.77. The highest BCUT2D eigenvalue weighted by Gasteiger charge is 2.30. The van der Waals surface area contributed by atoms with E-state index in [0.29, 0.717) is 24.6 Å². The number of unbranched alkanes of at least 4 members (excludes halogenated alkanes) is 5. The standard InChI is InChI=1S/C25H32F3N3O3/c1-2-3-4-5-6-7-14-30-15-17-31(18-16-30)24(32)34-22-11-9-21(10-12-22)33-23-13-8-20(19-29-23)25(26,27)28/h8-13,19H,2-7,14-18H2,1H3. The lowest BCUT2D eigenvalue weighted by Gasteiger charge is -2.34. The van der Waals surface area contributed by atoms with Gasteiger partial charge in [-0.05, 0) is 43.3 Å². The summed E-state index contributed by atoms with van der Waals surface area (Å²) in [7, 11) is 0. The van der Waals surface area contributed by atoms with Crippen LogP contribution in [0.1, 0.15) is 51.0 Å². The second-order valence-corrected chi connectivity index (χ2v) is 8.42. The molecule has 1 saturated heterocycles. The fourth-order valence-corrected chi connectivity index (χ4v) is 3.74. The number of amides is 1. The highest BCUT2D eigenvalue weighted by Crippen LogP contribution is 2.30. The van der Waals surface area contributed by atoms with Crippen molar-refractivity contribution in [2.45, 2.75) is 51.6 Å². The minimum absolute atomic E-state index is 0.0385. The van der Waals surface area contributed by atoms with Crippen LogP contribution in [0.15, 0.2) is 42.6 Å². The van der Waals surface area contributed by atoms with Gasteiger partial charge in [-0.15, -0.1) is 0 Å². The molecule has 2 aromatic rings. The number of hydrogen-bond acceptors (Lipinski definition) is 5. The highest BCUT2D eigenvalue weighted by atomic mass is 19.4. The van der Waals surface area contributed by atoms with Crippen molar-refractivity contribution in [3.63, 3.8) is 0 Å². The number of hydrogen-bond donors (Lipinski definition) is 0. The Bertz CT molecular complexity index is 881. The number of rotatable bonds is 10. The van der Waals surface area contributed by atoms with E-state index in [9.17, 15) is 18.0 Å². The van der Waals surface area contributed by atoms with Gasteiger partial charge in [0.1, 0.15) is 11.5 Å². The summed E-state index contributed by atoms with van der Waals surface area (Å²) in [5.74, 6) is 0.777. The Morgan fingerprint density at radius 3 is 2.18 bits per heavy atom. The number of nitrogens with zero attached hydrogens (tertiary/aromatic N) is 3. The van der Waals surface area contributed by atoms with Crippen LogP contribution in [-0.2, 0) is 6.18 Å². The van der Waals surface area contributed by atoms with E-state index in [1.165, 1.54) is 38.5 Å². The van der Waals surface area contributed by atoms with Gasteiger partial charge in [-0.2, -0.15) is 13.2 Å². The summed E-state index contributed by atoms with van der Waals surface area (Å²) in [5.41, 5.74) is -0.842. The zero-order valence-electron chi connectivity index (χ0n) is 19.5. The summed E-state index contributed by atoms with van der Waals surface area (Å²) in [6.07, 6.45) is 3.53. The first-order chi connectivity index (χ1) is 16.3. The molecule has 2 heterocycles. The molecule has 0 saturated carbocycles. The van der Waals surface area contributed by atoms with Gasteiger partial charge in [0.05, 0.1) is 5.56 Å². The SMILES string of the molecule is CCCCCCCCN1CCN(C(=O)Oc2ccc(Oc3ccc(C(F)(F)F)cn3)cc2)CC1. The van der Waals surface area contributed by atoms with Crippen molar-refractivity contribution in [3.8, 4) is 17.4 Å². The second kappa shape index (κ2) is 12.6. The molecule has 1 amide bonds. The van der Waals surface area contributed by atoms with Crippen molar-refractivity contribution in [3.05, 3.63) is 48.2 Å². The minimum Gasteiger partial charge on any atom is -0.439 e. The van der Waals surface area contributed by atoms with Crippen LogP contribution < -0.4 is 9.47 Å². The smallest absolute Gasteiger partial charge is 0.417 e. The minimum atomic E-state index is -4.45. The Labute approximate surface area is 198 Å². The van der Waals surface area contributed by atoms with Crippen molar-refractivity contribution in [1.82, 2.24) is 14.8 Å². The number of halogens is 3. The molecular weight excluding hydrogens is 447 g/mol. The molecule has 186 valence electrons. The largest absolute Gasteiger partial charge is 0.439 e. The lowest BCUT2D eigenvalue weighted by molar-refractivity contribution is -0.137. The predicted molar refractivity (Wildman–Crippen MR) is 123 cm³/mol.